The van der Waals surface area contributed by atoms with Gasteiger partial charge >= 0.3 is 0 Å². The van der Waals surface area contributed by atoms with Crippen molar-refractivity contribution in [2.24, 2.45) is 10.2 Å². The Bertz CT molecular complexity index is 1060. The van der Waals surface area contributed by atoms with Crippen LogP contribution in [0, 0.1) is 0 Å². The average Bonchev–Trinajstić information content (AvgIpc) is 2.96. The first-order valence-corrected chi connectivity index (χ1v) is 15.6. The maximum atomic E-state index is 11.8. The average molecular weight is 704 g/mol. The van der Waals surface area contributed by atoms with Gasteiger partial charge in [-0.05, 0) is 38.8 Å². The molecular weight excluding hydrogens is 656 g/mol. The fourth-order valence-electron chi connectivity index (χ4n) is 5.11. The number of nitrogens with zero attached hydrogens (tertiary/aromatic N) is 6. The van der Waals surface area contributed by atoms with Gasteiger partial charge in [0.1, 0.15) is 43.2 Å². The molecule has 0 aromatic rings. The van der Waals surface area contributed by atoms with E-state index in [4.69, 9.17) is 40.2 Å². The van der Waals surface area contributed by atoms with Crippen LogP contribution in [0.4, 0.5) is 0 Å². The molecule has 1 amide bonds. The molecule has 16 unspecified atom stereocenters. The largest absolute Gasteiger partial charge is 0.394 e. The molecule has 2 aliphatic rings. The van der Waals surface area contributed by atoms with Gasteiger partial charge in [-0.25, -0.2) is 0 Å². The van der Waals surface area contributed by atoms with E-state index in [1.165, 1.54) is 0 Å². The lowest BCUT2D eigenvalue weighted by atomic mass is 9.89. The van der Waals surface area contributed by atoms with Crippen LogP contribution in [0.2, 0.25) is 0 Å². The van der Waals surface area contributed by atoms with Gasteiger partial charge in [0.2, 0.25) is 5.91 Å². The van der Waals surface area contributed by atoms with Crippen LogP contribution in [-0.2, 0) is 23.7 Å². The van der Waals surface area contributed by atoms with Gasteiger partial charge < -0.3 is 65.1 Å². The maximum Gasteiger partial charge on any atom is 0.226 e. The molecule has 0 aromatic heterocycles. The second-order valence-electron chi connectivity index (χ2n) is 11.3. The summed E-state index contributed by atoms with van der Waals surface area (Å²) in [6, 6.07) is -2.20. The van der Waals surface area contributed by atoms with Crippen molar-refractivity contribution in [1.82, 2.24) is 5.32 Å². The summed E-state index contributed by atoms with van der Waals surface area (Å²) in [5, 5.41) is 87.1. The Morgan fingerprint density at radius 2 is 1.37 bits per heavy atom. The first kappa shape index (κ1) is 42.5. The lowest BCUT2D eigenvalue weighted by Gasteiger charge is -2.47. The van der Waals surface area contributed by atoms with E-state index in [-0.39, 0.29) is 24.5 Å². The molecule has 2 fully saturated rings. The molecule has 0 aliphatic carbocycles. The van der Waals surface area contributed by atoms with E-state index in [0.717, 1.165) is 0 Å². The normalized spacial score (nSPS) is 35.0. The highest BCUT2D eigenvalue weighted by Crippen LogP contribution is 2.36. The number of carbonyl (C=O) groups is 1. The van der Waals surface area contributed by atoms with Crippen LogP contribution in [0.15, 0.2) is 10.2 Å². The molecule has 2 aliphatic heterocycles. The summed E-state index contributed by atoms with van der Waals surface area (Å²) in [6.45, 7) is 4.67. The molecule has 20 nitrogen and oxygen atoms in total. The van der Waals surface area contributed by atoms with Crippen molar-refractivity contribution in [3.63, 3.8) is 0 Å². The van der Waals surface area contributed by atoms with Crippen molar-refractivity contribution >= 4 is 24.4 Å². The summed E-state index contributed by atoms with van der Waals surface area (Å²) < 4.78 is 22.5. The van der Waals surface area contributed by atoms with Crippen LogP contribution in [0.1, 0.15) is 40.5 Å². The number of hydrogen-bond donors (Lipinski definition) is 9. The van der Waals surface area contributed by atoms with Crippen LogP contribution in [0.5, 0.6) is 0 Å². The summed E-state index contributed by atoms with van der Waals surface area (Å²) in [4.78, 5) is 16.9. The van der Waals surface area contributed by atoms with Gasteiger partial charge in [-0.1, -0.05) is 10.2 Å². The van der Waals surface area contributed by atoms with E-state index in [1.807, 2.05) is 0 Å². The maximum absolute atomic E-state index is 11.8. The number of nitrogens with one attached hydrogen (secondary N) is 1. The van der Waals surface area contributed by atoms with E-state index in [0.29, 0.717) is 0 Å². The zero-order chi connectivity index (χ0) is 35.4. The fraction of sp³-hybridized carbons (Fsp3) is 0.958. The quantitative estimate of drug-likeness (QED) is 0.0413. The molecule has 0 radical (unpaired) electrons. The van der Waals surface area contributed by atoms with Crippen molar-refractivity contribution in [2.45, 2.75) is 125 Å². The molecule has 0 bridgehead atoms. The molecule has 0 spiro atoms. The zero-order valence-corrected chi connectivity index (χ0v) is 28.2. The molecular formula is C24H47N7O13P2. The Labute approximate surface area is 270 Å². The third-order valence-electron chi connectivity index (χ3n) is 6.93. The highest BCUT2D eigenvalue weighted by atomic mass is 31.0. The standard InChI is InChI=1S/C13H25N4O7P.C11H22N3O6P/c1-6(25)23-13(2)3-7(19)10(16-9(21)4-15-17-14)12(24-13)11(22)8(20)5-18;1-5(21)19-11(2)3-6(16)8(13-14-12)10(20-11)9(18)7(17)4-15/h6-8,10-12,18-20,22H,3-5,25H2,1-2H3,(H,16,21);5-10,15-18H,3-4,21H2,1-2H3. The summed E-state index contributed by atoms with van der Waals surface area (Å²) in [5.74, 6) is -3.80. The summed E-state index contributed by atoms with van der Waals surface area (Å²) in [5.41, 5.74) is 16.8. The Hall–Kier alpha value is -1.53. The third kappa shape index (κ3) is 12.8. The minimum atomic E-state index is -1.60. The molecule has 266 valence electrons. The van der Waals surface area contributed by atoms with Gasteiger partial charge in [-0.2, -0.15) is 0 Å². The van der Waals surface area contributed by atoms with Gasteiger partial charge in [0, 0.05) is 22.7 Å². The van der Waals surface area contributed by atoms with Crippen molar-refractivity contribution in [3.05, 3.63) is 20.9 Å². The Balaban J connectivity index is 0.000000467. The molecule has 0 saturated carbocycles. The summed E-state index contributed by atoms with van der Waals surface area (Å²) in [7, 11) is 4.81. The van der Waals surface area contributed by atoms with Crippen LogP contribution >= 0.6 is 18.5 Å². The van der Waals surface area contributed by atoms with Gasteiger partial charge in [-0.15, -0.1) is 18.5 Å². The Morgan fingerprint density at radius 1 is 0.913 bits per heavy atom. The van der Waals surface area contributed by atoms with E-state index >= 15 is 0 Å². The number of ether oxygens (including phenoxy) is 4. The number of hydrogen-bond acceptors (Lipinski definition) is 15. The molecule has 2 heterocycles. The zero-order valence-electron chi connectivity index (χ0n) is 25.9. The minimum Gasteiger partial charge on any atom is -0.394 e. The summed E-state index contributed by atoms with van der Waals surface area (Å²) >= 11 is 0. The molecule has 16 atom stereocenters. The topological polar surface area (TPSA) is 325 Å². The van der Waals surface area contributed by atoms with Crippen LogP contribution in [0.25, 0.3) is 20.9 Å². The summed E-state index contributed by atoms with van der Waals surface area (Å²) in [6.07, 6.45) is -10.9. The van der Waals surface area contributed by atoms with Gasteiger partial charge in [-0.3, -0.25) is 4.79 Å². The number of aliphatic hydroxyl groups is 8. The third-order valence-corrected chi connectivity index (χ3v) is 7.20. The van der Waals surface area contributed by atoms with Crippen molar-refractivity contribution in [3.8, 4) is 0 Å². The van der Waals surface area contributed by atoms with E-state index in [1.54, 1.807) is 27.7 Å². The monoisotopic (exact) mass is 703 g/mol. The number of rotatable bonds is 14. The lowest BCUT2D eigenvalue weighted by molar-refractivity contribution is -0.314. The number of amides is 1. The Kier molecular flexibility index (Phi) is 18.0. The SMILES string of the molecule is CC(P)OC1(C)CC(O)C(N=[N+]=[N-])C(C(O)C(O)CO)O1.CC(P)OC1(C)CC(O)C(NC(=O)CN=[N+]=[N-])C(C(O)C(O)CO)O1. The van der Waals surface area contributed by atoms with E-state index in [9.17, 15) is 35.4 Å². The van der Waals surface area contributed by atoms with Crippen molar-refractivity contribution < 1.29 is 64.6 Å². The predicted molar refractivity (Wildman–Crippen MR) is 165 cm³/mol. The van der Waals surface area contributed by atoms with Crippen LogP contribution in [-0.4, -0.2) is 151 Å². The van der Waals surface area contributed by atoms with Gasteiger partial charge in [0.05, 0.1) is 49.2 Å². The second kappa shape index (κ2) is 19.5. The van der Waals surface area contributed by atoms with Gasteiger partial charge in [0.25, 0.3) is 0 Å². The highest BCUT2D eigenvalue weighted by molar-refractivity contribution is 7.17. The van der Waals surface area contributed by atoms with Crippen molar-refractivity contribution in [2.75, 3.05) is 19.8 Å². The second-order valence-corrected chi connectivity index (χ2v) is 13.2. The predicted octanol–water partition coefficient (Wildman–Crippen LogP) is -1.92. The number of azide groups is 2. The minimum absolute atomic E-state index is 0.0172. The molecule has 0 aromatic carbocycles. The van der Waals surface area contributed by atoms with E-state index in [2.05, 4.69) is 43.8 Å². The van der Waals surface area contributed by atoms with E-state index < -0.39 is 98.2 Å². The first-order chi connectivity index (χ1) is 21.4. The molecule has 22 heteroatoms. The number of carbonyl (C=O) groups excluding carboxylic acids is 1. The fourth-order valence-corrected chi connectivity index (χ4v) is 5.69. The first-order valence-electron chi connectivity index (χ1n) is 14.2. The molecule has 9 N–H and O–H groups in total. The highest BCUT2D eigenvalue weighted by Gasteiger charge is 2.50. The lowest BCUT2D eigenvalue weighted by Crippen LogP contribution is -2.66. The number of aliphatic hydroxyl groups excluding tert-OH is 8. The van der Waals surface area contributed by atoms with Crippen LogP contribution in [0.3, 0.4) is 0 Å². The smallest absolute Gasteiger partial charge is 0.226 e. The molecule has 2 saturated heterocycles. The van der Waals surface area contributed by atoms with Crippen LogP contribution < -0.4 is 5.32 Å². The Morgan fingerprint density at radius 3 is 1.80 bits per heavy atom. The molecule has 46 heavy (non-hydrogen) atoms. The molecule has 2 rings (SSSR count). The van der Waals surface area contributed by atoms with Crippen molar-refractivity contribution in [1.29, 1.82) is 0 Å². The van der Waals surface area contributed by atoms with Gasteiger partial charge in [0.15, 0.2) is 11.6 Å².